The fraction of sp³-hybridized carbons (Fsp3) is 0.474. The number of aromatic nitrogens is 2. The molecule has 4 aliphatic heterocycles. The highest BCUT2D eigenvalue weighted by atomic mass is 32.1. The quantitative estimate of drug-likeness (QED) is 0.151. The smallest absolute Gasteiger partial charge is 0.420 e. The van der Waals surface area contributed by atoms with Crippen molar-refractivity contribution < 1.29 is 36.2 Å². The Bertz CT molecular complexity index is 2230. The highest BCUT2D eigenvalue weighted by Gasteiger charge is 2.47. The second-order valence-corrected chi connectivity index (χ2v) is 15.7. The lowest BCUT2D eigenvalue weighted by Gasteiger charge is -2.43. The van der Waals surface area contributed by atoms with Crippen LogP contribution in [-0.2, 0) is 11.0 Å². The third kappa shape index (κ3) is 5.87. The summed E-state index contributed by atoms with van der Waals surface area (Å²) in [5.41, 5.74) is -3.46. The summed E-state index contributed by atoms with van der Waals surface area (Å²) in [6.07, 6.45) is 0.0192. The van der Waals surface area contributed by atoms with E-state index in [2.05, 4.69) is 21.8 Å². The molecule has 6 heterocycles. The molecule has 1 atom stereocenters. The Morgan fingerprint density at radius 2 is 1.94 bits per heavy atom. The SMILES string of the molecule is C=CC(=O)N1CCN2c3nc(OCC45CCCN4CCC5)nc4c(F)c(-c5ccc(F)c6sc(NC(C)C)c(C#N)c56)c(C(F)(F)F)c(c34)OCC[C@H]2C1. The third-order valence-electron chi connectivity index (χ3n) is 11.1. The van der Waals surface area contributed by atoms with E-state index in [-0.39, 0.29) is 100 Å². The topological polar surface area (TPSA) is 107 Å². The van der Waals surface area contributed by atoms with Crippen molar-refractivity contribution >= 4 is 49.1 Å². The molecule has 3 fully saturated rings. The van der Waals surface area contributed by atoms with E-state index in [1.807, 2.05) is 6.07 Å². The molecule has 10 nitrogen and oxygen atoms in total. The van der Waals surface area contributed by atoms with Gasteiger partial charge in [0.1, 0.15) is 46.1 Å². The van der Waals surface area contributed by atoms with Gasteiger partial charge in [-0.2, -0.15) is 28.4 Å². The number of amides is 1. The van der Waals surface area contributed by atoms with Crippen molar-refractivity contribution in [2.75, 3.05) is 56.2 Å². The Morgan fingerprint density at radius 1 is 1.19 bits per heavy atom. The molecule has 0 aliphatic carbocycles. The number of carbonyl (C=O) groups excluding carboxylic acids is 1. The van der Waals surface area contributed by atoms with Crippen LogP contribution in [0.3, 0.4) is 0 Å². The molecule has 16 heteroatoms. The van der Waals surface area contributed by atoms with Crippen molar-refractivity contribution in [2.24, 2.45) is 0 Å². The highest BCUT2D eigenvalue weighted by Crippen LogP contribution is 2.54. The Hall–Kier alpha value is -4.75. The zero-order chi connectivity index (χ0) is 38.1. The Balaban J connectivity index is 1.40. The number of hydrogen-bond acceptors (Lipinski definition) is 10. The van der Waals surface area contributed by atoms with Gasteiger partial charge in [0.15, 0.2) is 5.82 Å². The number of piperazine rings is 1. The van der Waals surface area contributed by atoms with Gasteiger partial charge in [0.2, 0.25) is 5.91 Å². The molecule has 0 spiro atoms. The van der Waals surface area contributed by atoms with Crippen molar-refractivity contribution in [3.63, 3.8) is 0 Å². The fourth-order valence-corrected chi connectivity index (χ4v) is 9.95. The summed E-state index contributed by atoms with van der Waals surface area (Å²) in [4.78, 5) is 27.6. The van der Waals surface area contributed by atoms with Gasteiger partial charge in [-0.3, -0.25) is 9.69 Å². The summed E-state index contributed by atoms with van der Waals surface area (Å²) in [6, 6.07) is 3.22. The molecule has 0 saturated carbocycles. The van der Waals surface area contributed by atoms with E-state index in [0.717, 1.165) is 62.2 Å². The molecule has 0 bridgehead atoms. The van der Waals surface area contributed by atoms with Crippen molar-refractivity contribution in [1.82, 2.24) is 19.8 Å². The van der Waals surface area contributed by atoms with Crippen molar-refractivity contribution in [2.45, 2.75) is 69.8 Å². The van der Waals surface area contributed by atoms with Crippen LogP contribution in [0.4, 0.5) is 32.8 Å². The zero-order valence-electron chi connectivity index (χ0n) is 29.8. The number of halogens is 5. The predicted molar refractivity (Wildman–Crippen MR) is 195 cm³/mol. The van der Waals surface area contributed by atoms with Crippen molar-refractivity contribution in [1.29, 1.82) is 5.26 Å². The van der Waals surface area contributed by atoms with E-state index in [1.54, 1.807) is 23.6 Å². The fourth-order valence-electron chi connectivity index (χ4n) is 8.72. The van der Waals surface area contributed by atoms with E-state index in [9.17, 15) is 10.1 Å². The highest BCUT2D eigenvalue weighted by molar-refractivity contribution is 7.23. The number of nitriles is 1. The number of carbonyl (C=O) groups is 1. The minimum absolute atomic E-state index is 0.00414. The first-order valence-corrected chi connectivity index (χ1v) is 18.9. The molecule has 54 heavy (non-hydrogen) atoms. The number of thiophene rings is 1. The molecule has 284 valence electrons. The number of benzene rings is 2. The number of nitrogens with zero attached hydrogens (tertiary/aromatic N) is 6. The molecular formula is C38H38F5N7O3S. The summed E-state index contributed by atoms with van der Waals surface area (Å²) in [5.74, 6) is -3.05. The van der Waals surface area contributed by atoms with Gasteiger partial charge in [-0.25, -0.2) is 8.78 Å². The molecule has 1 amide bonds. The average molecular weight is 768 g/mol. The first-order chi connectivity index (χ1) is 25.8. The Morgan fingerprint density at radius 3 is 2.63 bits per heavy atom. The van der Waals surface area contributed by atoms with Crippen LogP contribution in [-0.4, -0.2) is 89.2 Å². The van der Waals surface area contributed by atoms with Crippen LogP contribution in [0.2, 0.25) is 0 Å². The number of hydrogen-bond donors (Lipinski definition) is 1. The van der Waals surface area contributed by atoms with Gasteiger partial charge in [-0.1, -0.05) is 12.6 Å². The standard InChI is InChI=1S/C38H38F5N7O3S/c1-4-25(51)48-14-15-50-21(18-48)9-16-52-32-28-31(46-36(47-34(28)50)53-19-37-10-5-12-49(37)13-6-11-37)30(40)27(29(32)38(41,42)43)22-7-8-24(39)33-26(22)23(17-44)35(54-33)45-20(2)3/h4,7-8,20-21,45H,1,5-6,9-16,18-19H2,2-3H3/t21-/m0/s1. The van der Waals surface area contributed by atoms with Crippen LogP contribution in [0, 0.1) is 23.0 Å². The maximum atomic E-state index is 17.6. The predicted octanol–water partition coefficient (Wildman–Crippen LogP) is 7.49. The molecule has 2 aromatic carbocycles. The molecule has 8 rings (SSSR count). The van der Waals surface area contributed by atoms with Gasteiger partial charge < -0.3 is 24.6 Å². The van der Waals surface area contributed by atoms with E-state index in [0.29, 0.717) is 0 Å². The third-order valence-corrected chi connectivity index (χ3v) is 12.2. The Labute approximate surface area is 312 Å². The van der Waals surface area contributed by atoms with Gasteiger partial charge in [0.25, 0.3) is 0 Å². The van der Waals surface area contributed by atoms with Gasteiger partial charge in [-0.15, -0.1) is 11.3 Å². The van der Waals surface area contributed by atoms with E-state index < -0.39 is 46.2 Å². The molecule has 0 unspecified atom stereocenters. The second-order valence-electron chi connectivity index (χ2n) is 14.6. The summed E-state index contributed by atoms with van der Waals surface area (Å²) in [6.45, 7) is 9.67. The van der Waals surface area contributed by atoms with E-state index in [4.69, 9.17) is 14.5 Å². The lowest BCUT2D eigenvalue weighted by Crippen LogP contribution is -2.55. The van der Waals surface area contributed by atoms with Crippen LogP contribution in [0.15, 0.2) is 24.8 Å². The molecule has 1 N–H and O–H groups in total. The maximum Gasteiger partial charge on any atom is 0.420 e. The number of anilines is 2. The molecule has 4 aliphatic rings. The number of rotatable bonds is 7. The first-order valence-electron chi connectivity index (χ1n) is 18.1. The van der Waals surface area contributed by atoms with Gasteiger partial charge in [0.05, 0.1) is 33.8 Å². The Kier molecular flexibility index (Phi) is 9.07. The second kappa shape index (κ2) is 13.5. The summed E-state index contributed by atoms with van der Waals surface area (Å²) in [5, 5.41) is 13.2. The molecule has 3 saturated heterocycles. The largest absolute Gasteiger partial charge is 0.492 e. The number of fused-ring (bicyclic) bond motifs is 4. The minimum atomic E-state index is -5.18. The number of alkyl halides is 3. The lowest BCUT2D eigenvalue weighted by molar-refractivity contribution is -0.138. The van der Waals surface area contributed by atoms with Crippen molar-refractivity contribution in [3.05, 3.63) is 47.5 Å². The summed E-state index contributed by atoms with van der Waals surface area (Å²) < 4.78 is 92.0. The average Bonchev–Trinajstić information content (AvgIpc) is 3.83. The molecule has 2 aromatic heterocycles. The van der Waals surface area contributed by atoms with Crippen LogP contribution < -0.4 is 19.7 Å². The van der Waals surface area contributed by atoms with Gasteiger partial charge >= 0.3 is 12.2 Å². The van der Waals surface area contributed by atoms with Crippen LogP contribution in [0.5, 0.6) is 11.8 Å². The van der Waals surface area contributed by atoms with Crippen LogP contribution >= 0.6 is 11.3 Å². The molecule has 0 radical (unpaired) electrons. The van der Waals surface area contributed by atoms with Crippen LogP contribution in [0.1, 0.15) is 57.1 Å². The van der Waals surface area contributed by atoms with Gasteiger partial charge in [-0.05, 0) is 70.3 Å². The van der Waals surface area contributed by atoms with E-state index in [1.165, 1.54) is 6.08 Å². The van der Waals surface area contributed by atoms with E-state index >= 15 is 22.0 Å². The summed E-state index contributed by atoms with van der Waals surface area (Å²) >= 11 is 0.875. The normalized spacial score (nSPS) is 19.6. The minimum Gasteiger partial charge on any atom is -0.492 e. The molecule has 4 aromatic rings. The number of nitrogens with one attached hydrogen (secondary N) is 1. The van der Waals surface area contributed by atoms with Gasteiger partial charge in [0, 0.05) is 43.0 Å². The van der Waals surface area contributed by atoms with Crippen molar-refractivity contribution in [3.8, 4) is 29.0 Å². The first kappa shape index (κ1) is 36.2. The maximum absolute atomic E-state index is 17.6. The van der Waals surface area contributed by atoms with Crippen LogP contribution in [0.25, 0.3) is 32.1 Å². The summed E-state index contributed by atoms with van der Waals surface area (Å²) in [7, 11) is 0. The zero-order valence-corrected chi connectivity index (χ0v) is 30.6. The monoisotopic (exact) mass is 767 g/mol. The lowest BCUT2D eigenvalue weighted by atomic mass is 9.91. The number of ether oxygens (including phenoxy) is 2. The molecular weight excluding hydrogens is 730 g/mol.